The van der Waals surface area contributed by atoms with E-state index in [0.717, 1.165) is 24.3 Å². The van der Waals surface area contributed by atoms with Crippen molar-refractivity contribution in [1.29, 1.82) is 0 Å². The summed E-state index contributed by atoms with van der Waals surface area (Å²) in [5, 5.41) is 0. The predicted octanol–water partition coefficient (Wildman–Crippen LogP) is 3.48. The van der Waals surface area contributed by atoms with Crippen molar-refractivity contribution < 1.29 is 22.1 Å². The Kier molecular flexibility index (Phi) is 4.86. The van der Waals surface area contributed by atoms with Gasteiger partial charge in [-0.25, -0.2) is 4.39 Å². The van der Waals surface area contributed by atoms with Crippen molar-refractivity contribution >= 4 is 11.4 Å². The molecule has 0 aliphatic carbocycles. The number of alkyl halides is 3. The minimum atomic E-state index is -4.61. The van der Waals surface area contributed by atoms with Crippen molar-refractivity contribution in [2.45, 2.75) is 37.7 Å². The van der Waals surface area contributed by atoms with E-state index in [1.165, 1.54) is 0 Å². The van der Waals surface area contributed by atoms with E-state index in [1.54, 1.807) is 20.8 Å². The third-order valence-electron chi connectivity index (χ3n) is 2.31. The van der Waals surface area contributed by atoms with E-state index in [1.807, 2.05) is 0 Å². The van der Waals surface area contributed by atoms with Crippen molar-refractivity contribution in [3.05, 3.63) is 35.6 Å². The van der Waals surface area contributed by atoms with Crippen LogP contribution in [0.5, 0.6) is 0 Å². The Morgan fingerprint density at radius 1 is 1.11 bits per heavy atom. The molecule has 0 unspecified atom stereocenters. The lowest BCUT2D eigenvalue weighted by atomic mass is 10.1. The molecule has 0 radical (unpaired) electrons. The number of halogens is 4. The maximum Gasteiger partial charge on any atom is 0.412 e. The van der Waals surface area contributed by atoms with Gasteiger partial charge >= 0.3 is 6.18 Å². The molecule has 0 aromatic heterocycles. The Balaban J connectivity index is 3.00. The van der Waals surface area contributed by atoms with Gasteiger partial charge in [0.05, 0.1) is 0 Å². The first-order valence-corrected chi connectivity index (χ1v) is 6.67. The molecule has 0 aliphatic rings. The highest BCUT2D eigenvalue weighted by molar-refractivity contribution is 7.90. The van der Waals surface area contributed by atoms with Crippen molar-refractivity contribution in [1.82, 2.24) is 4.72 Å². The van der Waals surface area contributed by atoms with E-state index < -0.39 is 34.1 Å². The highest BCUT2D eigenvalue weighted by atomic mass is 32.2. The van der Waals surface area contributed by atoms with Crippen molar-refractivity contribution in [3.8, 4) is 0 Å². The van der Waals surface area contributed by atoms with Crippen molar-refractivity contribution in [2.75, 3.05) is 0 Å². The molecule has 0 heterocycles. The maximum atomic E-state index is 13.0. The molecule has 0 saturated carbocycles. The Hall–Kier alpha value is -0.790. The van der Waals surface area contributed by atoms with Crippen LogP contribution in [0.1, 0.15) is 32.4 Å². The van der Waals surface area contributed by atoms with Crippen LogP contribution in [0, 0.1) is 5.82 Å². The number of nitrogens with one attached hydrogen (secondary N) is 1. The Bertz CT molecular complexity index is 413. The van der Waals surface area contributed by atoms with Gasteiger partial charge < -0.3 is 4.55 Å². The Morgan fingerprint density at radius 2 is 1.58 bits per heavy atom. The molecule has 1 rings (SSSR count). The van der Waals surface area contributed by atoms with Crippen LogP contribution in [0.15, 0.2) is 24.3 Å². The Labute approximate surface area is 112 Å². The van der Waals surface area contributed by atoms with Gasteiger partial charge in [0.25, 0.3) is 0 Å². The summed E-state index contributed by atoms with van der Waals surface area (Å²) in [5.74, 6) is -0.624. The van der Waals surface area contributed by atoms with E-state index in [0.29, 0.717) is 0 Å². The molecule has 19 heavy (non-hydrogen) atoms. The minimum Gasteiger partial charge on any atom is -0.598 e. The number of benzene rings is 1. The molecular formula is C12H15F4NOS. The third kappa shape index (κ3) is 4.67. The van der Waals surface area contributed by atoms with Crippen LogP contribution in [-0.4, -0.2) is 15.5 Å². The topological polar surface area (TPSA) is 35.1 Å². The van der Waals surface area contributed by atoms with Gasteiger partial charge in [-0.15, -0.1) is 4.72 Å². The number of hydrogen-bond donors (Lipinski definition) is 1. The van der Waals surface area contributed by atoms with E-state index in [-0.39, 0.29) is 5.56 Å². The molecule has 1 aromatic carbocycles. The second-order valence-electron chi connectivity index (χ2n) is 5.03. The van der Waals surface area contributed by atoms with Crippen LogP contribution >= 0.6 is 0 Å². The van der Waals surface area contributed by atoms with E-state index in [2.05, 4.69) is 4.72 Å². The fraction of sp³-hybridized carbons (Fsp3) is 0.500. The average Bonchev–Trinajstić information content (AvgIpc) is 2.24. The van der Waals surface area contributed by atoms with E-state index >= 15 is 0 Å². The number of hydrogen-bond acceptors (Lipinski definition) is 2. The molecule has 0 saturated heterocycles. The van der Waals surface area contributed by atoms with Gasteiger partial charge in [-0.3, -0.25) is 0 Å². The monoisotopic (exact) mass is 297 g/mol. The Morgan fingerprint density at radius 3 is 1.95 bits per heavy atom. The fourth-order valence-electron chi connectivity index (χ4n) is 1.26. The molecule has 0 fully saturated rings. The maximum absolute atomic E-state index is 13.0. The summed E-state index contributed by atoms with van der Waals surface area (Å²) < 4.78 is 64.6. The first-order valence-electron chi connectivity index (χ1n) is 5.52. The van der Waals surface area contributed by atoms with Gasteiger partial charge in [0, 0.05) is 11.4 Å². The second kappa shape index (κ2) is 5.68. The van der Waals surface area contributed by atoms with Crippen LogP contribution in [0.25, 0.3) is 0 Å². The molecule has 2 nitrogen and oxygen atoms in total. The van der Waals surface area contributed by atoms with Gasteiger partial charge in [-0.05, 0) is 38.5 Å². The lowest BCUT2D eigenvalue weighted by molar-refractivity contribution is -0.153. The summed E-state index contributed by atoms with van der Waals surface area (Å²) in [7, 11) is 0. The van der Waals surface area contributed by atoms with Crippen LogP contribution in [0.2, 0.25) is 0 Å². The summed E-state index contributed by atoms with van der Waals surface area (Å²) in [6.45, 7) is 4.69. The molecule has 0 bridgehead atoms. The molecule has 1 aromatic rings. The zero-order valence-corrected chi connectivity index (χ0v) is 11.5. The normalized spacial score (nSPS) is 16.2. The molecule has 0 spiro atoms. The van der Waals surface area contributed by atoms with Crippen LogP contribution in [0.3, 0.4) is 0 Å². The first kappa shape index (κ1) is 16.3. The molecule has 2 atom stereocenters. The summed E-state index contributed by atoms with van der Waals surface area (Å²) in [5.41, 5.74) is -0.175. The smallest absolute Gasteiger partial charge is 0.412 e. The van der Waals surface area contributed by atoms with Gasteiger partial charge in [0.1, 0.15) is 10.6 Å². The first-order chi connectivity index (χ1) is 8.51. The third-order valence-corrected chi connectivity index (χ3v) is 3.87. The van der Waals surface area contributed by atoms with Crippen LogP contribution < -0.4 is 4.72 Å². The molecule has 108 valence electrons. The average molecular weight is 297 g/mol. The van der Waals surface area contributed by atoms with Gasteiger partial charge in [-0.1, -0.05) is 12.1 Å². The summed E-state index contributed by atoms with van der Waals surface area (Å²) >= 11 is -1.88. The lowest BCUT2D eigenvalue weighted by Crippen LogP contribution is -2.45. The SMILES string of the molecule is CC(C)(C)[S@@+]([O-])N[C@@H](c1ccc(F)cc1)C(F)(F)F. The predicted molar refractivity (Wildman–Crippen MR) is 66.2 cm³/mol. The van der Waals surface area contributed by atoms with Gasteiger partial charge in [0.15, 0.2) is 6.04 Å². The largest absolute Gasteiger partial charge is 0.598 e. The fourth-order valence-corrected chi connectivity index (χ4v) is 2.10. The second-order valence-corrected chi connectivity index (χ2v) is 7.02. The number of rotatable bonds is 3. The van der Waals surface area contributed by atoms with Gasteiger partial charge in [-0.2, -0.15) is 13.2 Å². The lowest BCUT2D eigenvalue weighted by Gasteiger charge is -2.29. The van der Waals surface area contributed by atoms with Crippen molar-refractivity contribution in [3.63, 3.8) is 0 Å². The zero-order valence-electron chi connectivity index (χ0n) is 10.7. The van der Waals surface area contributed by atoms with Crippen LogP contribution in [-0.2, 0) is 11.4 Å². The molecule has 7 heteroatoms. The summed E-state index contributed by atoms with van der Waals surface area (Å²) in [6.07, 6.45) is -4.61. The van der Waals surface area contributed by atoms with Gasteiger partial charge in [0.2, 0.25) is 0 Å². The molecular weight excluding hydrogens is 282 g/mol. The van der Waals surface area contributed by atoms with Crippen molar-refractivity contribution in [2.24, 2.45) is 0 Å². The molecule has 0 aliphatic heterocycles. The van der Waals surface area contributed by atoms with E-state index in [4.69, 9.17) is 0 Å². The summed E-state index contributed by atoms with van der Waals surface area (Å²) in [6, 6.07) is 1.85. The summed E-state index contributed by atoms with van der Waals surface area (Å²) in [4.78, 5) is 0. The van der Waals surface area contributed by atoms with Crippen LogP contribution in [0.4, 0.5) is 17.6 Å². The standard InChI is InChI=1S/C12H15F4NOS/c1-11(2,3)19(18)17-10(12(14,15)16)8-4-6-9(13)7-5-8/h4-7,10,17H,1-3H3/t10-,19+/m0/s1. The molecule has 0 amide bonds. The highest BCUT2D eigenvalue weighted by Gasteiger charge is 2.45. The minimum absolute atomic E-state index is 0.175. The quantitative estimate of drug-likeness (QED) is 0.685. The highest BCUT2D eigenvalue weighted by Crippen LogP contribution is 2.34. The molecule has 1 N–H and O–H groups in total. The zero-order chi connectivity index (χ0) is 14.8. The van der Waals surface area contributed by atoms with E-state index in [9.17, 15) is 22.1 Å².